The number of amides is 1. The molecule has 1 N–H and O–H groups in total. The van der Waals surface area contributed by atoms with Crippen molar-refractivity contribution >= 4 is 34.4 Å². The molecular weight excluding hydrogens is 298 g/mol. The highest BCUT2D eigenvalue weighted by atomic mass is 32.1. The van der Waals surface area contributed by atoms with Crippen molar-refractivity contribution in [2.75, 3.05) is 5.32 Å². The lowest BCUT2D eigenvalue weighted by Crippen LogP contribution is -2.13. The van der Waals surface area contributed by atoms with Crippen LogP contribution in [0.1, 0.15) is 23.4 Å². The number of anilines is 1. The fraction of sp³-hybridized carbons (Fsp3) is 0.333. The summed E-state index contributed by atoms with van der Waals surface area (Å²) in [6.07, 6.45) is 1.10. The van der Waals surface area contributed by atoms with Crippen LogP contribution in [-0.4, -0.2) is 24.4 Å². The summed E-state index contributed by atoms with van der Waals surface area (Å²) in [5.41, 5.74) is 5.51. The van der Waals surface area contributed by atoms with Gasteiger partial charge in [0.15, 0.2) is 0 Å². The van der Waals surface area contributed by atoms with E-state index in [-0.39, 0.29) is 5.91 Å². The third kappa shape index (κ3) is 2.71. The molecule has 0 aliphatic rings. The fourth-order valence-corrected chi connectivity index (χ4v) is 3.09. The molecule has 114 valence electrons. The maximum Gasteiger partial charge on any atom is 0.224 e. The normalized spacial score (nSPS) is 11.0. The molecule has 3 rings (SSSR count). The molecule has 1 amide bonds. The van der Waals surface area contributed by atoms with E-state index >= 15 is 0 Å². The van der Waals surface area contributed by atoms with Crippen molar-refractivity contribution in [3.63, 3.8) is 0 Å². The van der Waals surface area contributed by atoms with E-state index in [1.807, 2.05) is 43.8 Å². The summed E-state index contributed by atoms with van der Waals surface area (Å²) in [4.78, 5) is 12.2. The van der Waals surface area contributed by atoms with Crippen LogP contribution in [0.3, 0.4) is 0 Å². The van der Waals surface area contributed by atoms with E-state index in [0.717, 1.165) is 45.4 Å². The predicted octanol–water partition coefficient (Wildman–Crippen LogP) is 2.61. The zero-order chi connectivity index (χ0) is 15.7. The Bertz CT molecular complexity index is 836. The number of nitrogens with zero attached hydrogens (tertiary/aromatic N) is 4. The highest BCUT2D eigenvalue weighted by molar-refractivity contribution is 7.00. The topological polar surface area (TPSA) is 72.7 Å². The maximum atomic E-state index is 12.2. The van der Waals surface area contributed by atoms with Gasteiger partial charge < -0.3 is 5.32 Å². The minimum atomic E-state index is -0.0249. The Balaban J connectivity index is 1.69. The SMILES string of the molecule is Cc1nn(C)c(C)c1CCC(=O)Nc1cccc2nsnc12. The minimum absolute atomic E-state index is 0.0249. The van der Waals surface area contributed by atoms with Crippen LogP contribution in [0.2, 0.25) is 0 Å². The summed E-state index contributed by atoms with van der Waals surface area (Å²) in [5, 5.41) is 7.30. The van der Waals surface area contributed by atoms with Gasteiger partial charge in [0.1, 0.15) is 11.0 Å². The van der Waals surface area contributed by atoms with Gasteiger partial charge in [0.05, 0.1) is 23.1 Å². The highest BCUT2D eigenvalue weighted by Gasteiger charge is 2.13. The van der Waals surface area contributed by atoms with Crippen LogP contribution < -0.4 is 5.32 Å². The van der Waals surface area contributed by atoms with Gasteiger partial charge in [-0.2, -0.15) is 13.8 Å². The molecule has 3 aromatic rings. The van der Waals surface area contributed by atoms with Gasteiger partial charge >= 0.3 is 0 Å². The number of fused-ring (bicyclic) bond motifs is 1. The van der Waals surface area contributed by atoms with E-state index in [4.69, 9.17) is 0 Å². The van der Waals surface area contributed by atoms with Crippen LogP contribution in [0, 0.1) is 13.8 Å². The minimum Gasteiger partial charge on any atom is -0.324 e. The molecule has 0 atom stereocenters. The number of carbonyl (C=O) groups is 1. The quantitative estimate of drug-likeness (QED) is 0.803. The maximum absolute atomic E-state index is 12.2. The van der Waals surface area contributed by atoms with Crippen LogP contribution in [-0.2, 0) is 18.3 Å². The van der Waals surface area contributed by atoms with E-state index in [9.17, 15) is 4.79 Å². The number of hydrogen-bond donors (Lipinski definition) is 1. The van der Waals surface area contributed by atoms with Gasteiger partial charge in [-0.1, -0.05) is 6.07 Å². The van der Waals surface area contributed by atoms with Crippen molar-refractivity contribution in [3.8, 4) is 0 Å². The second kappa shape index (κ2) is 5.84. The first-order valence-corrected chi connectivity index (χ1v) is 7.79. The number of nitrogens with one attached hydrogen (secondary N) is 1. The monoisotopic (exact) mass is 315 g/mol. The summed E-state index contributed by atoms with van der Waals surface area (Å²) in [6.45, 7) is 4.00. The molecule has 0 spiro atoms. The van der Waals surface area contributed by atoms with Crippen molar-refractivity contribution in [2.24, 2.45) is 7.05 Å². The molecule has 2 aromatic heterocycles. The van der Waals surface area contributed by atoms with Crippen LogP contribution in [0.15, 0.2) is 18.2 Å². The summed E-state index contributed by atoms with van der Waals surface area (Å²) >= 11 is 1.15. The molecule has 2 heterocycles. The molecule has 7 heteroatoms. The van der Waals surface area contributed by atoms with E-state index in [1.54, 1.807) is 0 Å². The third-order valence-corrected chi connectivity index (χ3v) is 4.36. The van der Waals surface area contributed by atoms with Crippen LogP contribution in [0.25, 0.3) is 11.0 Å². The highest BCUT2D eigenvalue weighted by Crippen LogP contribution is 2.21. The van der Waals surface area contributed by atoms with Crippen molar-refractivity contribution in [2.45, 2.75) is 26.7 Å². The first-order valence-electron chi connectivity index (χ1n) is 7.06. The largest absolute Gasteiger partial charge is 0.324 e. The number of carbonyl (C=O) groups excluding carboxylic acids is 1. The van der Waals surface area contributed by atoms with E-state index in [1.165, 1.54) is 0 Å². The smallest absolute Gasteiger partial charge is 0.224 e. The Hall–Kier alpha value is -2.28. The number of aryl methyl sites for hydroxylation is 2. The number of benzene rings is 1. The van der Waals surface area contributed by atoms with Gasteiger partial charge in [0.2, 0.25) is 5.91 Å². The van der Waals surface area contributed by atoms with Gasteiger partial charge in [0, 0.05) is 19.2 Å². The average molecular weight is 315 g/mol. The molecule has 0 unspecified atom stereocenters. The Kier molecular flexibility index (Phi) is 3.89. The summed E-state index contributed by atoms with van der Waals surface area (Å²) < 4.78 is 10.2. The molecule has 0 saturated carbocycles. The van der Waals surface area contributed by atoms with Gasteiger partial charge in [-0.3, -0.25) is 9.48 Å². The molecule has 0 saturated heterocycles. The fourth-order valence-electron chi connectivity index (χ4n) is 2.54. The lowest BCUT2D eigenvalue weighted by Gasteiger charge is -2.06. The van der Waals surface area contributed by atoms with Gasteiger partial charge in [-0.05, 0) is 38.0 Å². The average Bonchev–Trinajstić information content (AvgIpc) is 3.04. The molecule has 0 fully saturated rings. The Morgan fingerprint density at radius 1 is 1.32 bits per heavy atom. The van der Waals surface area contributed by atoms with E-state index in [2.05, 4.69) is 19.2 Å². The molecule has 1 aromatic carbocycles. The zero-order valence-electron chi connectivity index (χ0n) is 12.8. The molecule has 0 bridgehead atoms. The Morgan fingerprint density at radius 3 is 2.86 bits per heavy atom. The van der Waals surface area contributed by atoms with Crippen LogP contribution in [0.5, 0.6) is 0 Å². The molecule has 0 aliphatic heterocycles. The number of rotatable bonds is 4. The van der Waals surface area contributed by atoms with Gasteiger partial charge in [-0.15, -0.1) is 0 Å². The van der Waals surface area contributed by atoms with Gasteiger partial charge in [0.25, 0.3) is 0 Å². The summed E-state index contributed by atoms with van der Waals surface area (Å²) in [5.74, 6) is -0.0249. The molecule has 6 nitrogen and oxygen atoms in total. The lowest BCUT2D eigenvalue weighted by molar-refractivity contribution is -0.116. The molecule has 0 aliphatic carbocycles. The van der Waals surface area contributed by atoms with Crippen molar-refractivity contribution in [3.05, 3.63) is 35.2 Å². The Morgan fingerprint density at radius 2 is 2.14 bits per heavy atom. The zero-order valence-corrected chi connectivity index (χ0v) is 13.6. The predicted molar refractivity (Wildman–Crippen MR) is 87.0 cm³/mol. The second-order valence-electron chi connectivity index (χ2n) is 5.26. The van der Waals surface area contributed by atoms with Crippen LogP contribution in [0.4, 0.5) is 5.69 Å². The second-order valence-corrected chi connectivity index (χ2v) is 5.79. The van der Waals surface area contributed by atoms with E-state index < -0.39 is 0 Å². The Labute approximate surface area is 132 Å². The van der Waals surface area contributed by atoms with Crippen molar-refractivity contribution in [1.29, 1.82) is 0 Å². The molecular formula is C15H17N5OS. The van der Waals surface area contributed by atoms with Gasteiger partial charge in [-0.25, -0.2) is 0 Å². The van der Waals surface area contributed by atoms with Crippen LogP contribution >= 0.6 is 11.7 Å². The first-order chi connectivity index (χ1) is 10.6. The lowest BCUT2D eigenvalue weighted by atomic mass is 10.1. The third-order valence-electron chi connectivity index (χ3n) is 3.82. The molecule has 22 heavy (non-hydrogen) atoms. The first kappa shape index (κ1) is 14.6. The summed E-state index contributed by atoms with van der Waals surface area (Å²) in [7, 11) is 1.92. The van der Waals surface area contributed by atoms with Crippen molar-refractivity contribution < 1.29 is 4.79 Å². The van der Waals surface area contributed by atoms with Crippen molar-refractivity contribution in [1.82, 2.24) is 18.5 Å². The number of hydrogen-bond acceptors (Lipinski definition) is 5. The van der Waals surface area contributed by atoms with E-state index in [0.29, 0.717) is 12.8 Å². The molecule has 0 radical (unpaired) electrons. The summed E-state index contributed by atoms with van der Waals surface area (Å²) in [6, 6.07) is 5.60. The standard InChI is InChI=1S/C15H17N5OS/c1-9-11(10(2)20(3)17-9)7-8-14(21)16-12-5-4-6-13-15(12)19-22-18-13/h4-6H,7-8H2,1-3H3,(H,16,21). The number of aromatic nitrogens is 4.